The lowest BCUT2D eigenvalue weighted by atomic mass is 9.95. The number of Topliss-reactive ketones (excluding diaryl/α,β-unsaturated/α-hetero) is 1. The molecule has 4 fully saturated rings. The van der Waals surface area contributed by atoms with Gasteiger partial charge >= 0.3 is 0 Å². The average molecular weight is 899 g/mol. The summed E-state index contributed by atoms with van der Waals surface area (Å²) in [6.07, 6.45) is 16.0. The van der Waals surface area contributed by atoms with E-state index in [2.05, 4.69) is 111 Å². The topological polar surface area (TPSA) is 138 Å². The van der Waals surface area contributed by atoms with Crippen LogP contribution in [0, 0.1) is 11.8 Å². The van der Waals surface area contributed by atoms with E-state index in [1.165, 1.54) is 22.1 Å². The van der Waals surface area contributed by atoms with Gasteiger partial charge in [0.1, 0.15) is 0 Å². The maximum absolute atomic E-state index is 15.9. The third-order valence-corrected chi connectivity index (χ3v) is 14.5. The smallest absolute Gasteiger partial charge is 0.169 e. The number of piperidine rings is 2. The first-order valence-corrected chi connectivity index (χ1v) is 24.9. The van der Waals surface area contributed by atoms with Crippen LogP contribution in [-0.2, 0) is 14.3 Å². The highest BCUT2D eigenvalue weighted by molar-refractivity contribution is 6.11. The monoisotopic (exact) mass is 899 g/mol. The van der Waals surface area contributed by atoms with Gasteiger partial charge in [-0.3, -0.25) is 24.4 Å². The Balaban J connectivity index is 0.899. The van der Waals surface area contributed by atoms with Crippen LogP contribution in [0.4, 0.5) is 11.4 Å². The summed E-state index contributed by atoms with van der Waals surface area (Å²) in [6, 6.07) is 8.06. The molecule has 66 heavy (non-hydrogen) atoms. The van der Waals surface area contributed by atoms with E-state index in [1.807, 2.05) is 37.2 Å². The van der Waals surface area contributed by atoms with Gasteiger partial charge in [0, 0.05) is 149 Å². The van der Waals surface area contributed by atoms with Crippen molar-refractivity contribution in [1.29, 1.82) is 0 Å². The number of nitrogens with zero attached hydrogens (tertiary/aromatic N) is 10. The van der Waals surface area contributed by atoms with Crippen LogP contribution in [0.3, 0.4) is 0 Å². The number of likely N-dealkylation sites (tertiary alicyclic amines) is 2. The molecule has 4 atom stereocenters. The number of nitrogens with one attached hydrogen (secondary N) is 2. The van der Waals surface area contributed by atoms with Crippen LogP contribution in [0.5, 0.6) is 0 Å². The first kappa shape index (κ1) is 45.0. The number of anilines is 2. The number of hydrogen-bond acceptors (Lipinski definition) is 13. The van der Waals surface area contributed by atoms with Crippen LogP contribution in [0.1, 0.15) is 53.4 Å². The van der Waals surface area contributed by atoms with Gasteiger partial charge in [-0.2, -0.15) is 0 Å². The Labute approximate surface area is 389 Å². The Morgan fingerprint density at radius 1 is 0.606 bits per heavy atom. The third-order valence-electron chi connectivity index (χ3n) is 14.5. The standard InChI is InChI=1S/C51H70N12O3/c1-35(2)33-65-37-7-5-17-62(29-37)45(31-58-19-23-60(24-20-58)43-11-15-52-41-27-56-50-39(47(41)43)9-13-54-50)49(64)46(63-18-6-8-38(30-63)66-34-36(3)4)32-59-21-25-61(26-22-59)44-12-16-53-42-28-57-51-40(48(42)44)10-14-55-51/h9-16,27-28,35-38,45-46,52-53H,5-8,17-26,29-34H2,1-4H3. The summed E-state index contributed by atoms with van der Waals surface area (Å²) < 4.78 is 13.1. The number of ether oxygens (including phenoxy) is 2. The predicted octanol–water partition coefficient (Wildman–Crippen LogP) is 6.06. The lowest BCUT2D eigenvalue weighted by Crippen LogP contribution is -2.63. The number of carbonyl (C=O) groups excluding carboxylic acids is 1. The Morgan fingerprint density at radius 3 is 1.47 bits per heavy atom. The predicted molar refractivity (Wildman–Crippen MR) is 263 cm³/mol. The second-order valence-corrected chi connectivity index (χ2v) is 20.2. The lowest BCUT2D eigenvalue weighted by molar-refractivity contribution is -0.135. The minimum Gasteiger partial charge on any atom is -0.377 e. The quantitative estimate of drug-likeness (QED) is 0.117. The number of aromatic amines is 2. The molecule has 0 bridgehead atoms. The van der Waals surface area contributed by atoms with Crippen molar-refractivity contribution >= 4 is 61.0 Å². The molecule has 0 saturated carbocycles. The Kier molecular flexibility index (Phi) is 13.8. The van der Waals surface area contributed by atoms with Crippen LogP contribution in [0.25, 0.3) is 43.9 Å². The van der Waals surface area contributed by atoms with Gasteiger partial charge in [0.25, 0.3) is 0 Å². The molecule has 0 radical (unpaired) electrons. The molecule has 4 saturated heterocycles. The van der Waals surface area contributed by atoms with Gasteiger partial charge in [-0.05, 0) is 74.9 Å². The number of hydrogen-bond donors (Lipinski definition) is 2. The summed E-state index contributed by atoms with van der Waals surface area (Å²) in [4.78, 5) is 56.1. The van der Waals surface area contributed by atoms with Crippen molar-refractivity contribution < 1.29 is 14.3 Å². The summed E-state index contributed by atoms with van der Waals surface area (Å²) >= 11 is 0. The van der Waals surface area contributed by atoms with Crippen molar-refractivity contribution in [3.05, 3.63) is 61.4 Å². The SMILES string of the molecule is CC(C)COC1CCCN(C(CN2CCN(c3cc[nH]c4cnc5nccc5c34)CC2)C(=O)C(CN2CCN(c3cc[nH]c4cnc5nccc5c34)CC2)N2CCCC(OCC(C)C)C2)C1. The molecular weight excluding hydrogens is 829 g/mol. The molecule has 6 aromatic heterocycles. The number of H-pyrrole nitrogens is 2. The first-order chi connectivity index (χ1) is 32.3. The van der Waals surface area contributed by atoms with Crippen LogP contribution in [0.2, 0.25) is 0 Å². The van der Waals surface area contributed by atoms with Gasteiger partial charge < -0.3 is 29.2 Å². The molecule has 10 rings (SSSR count). The first-order valence-electron chi connectivity index (χ1n) is 24.9. The van der Waals surface area contributed by atoms with E-state index < -0.39 is 0 Å². The molecule has 2 N–H and O–H groups in total. The molecule has 352 valence electrons. The lowest BCUT2D eigenvalue weighted by Gasteiger charge is -2.46. The fourth-order valence-corrected chi connectivity index (χ4v) is 11.1. The van der Waals surface area contributed by atoms with Crippen LogP contribution in [0.15, 0.2) is 61.4 Å². The second-order valence-electron chi connectivity index (χ2n) is 20.2. The molecule has 0 spiro atoms. The average Bonchev–Trinajstić information content (AvgIpc) is 4.05. The van der Waals surface area contributed by atoms with Gasteiger partial charge in [0.05, 0.1) is 47.7 Å². The van der Waals surface area contributed by atoms with Crippen molar-refractivity contribution in [2.24, 2.45) is 11.8 Å². The summed E-state index contributed by atoms with van der Waals surface area (Å²) in [5.74, 6) is 1.30. The Bertz CT molecular complexity index is 2390. The number of fused-ring (bicyclic) bond motifs is 6. The zero-order chi connectivity index (χ0) is 45.1. The fourth-order valence-electron chi connectivity index (χ4n) is 11.1. The highest BCUT2D eigenvalue weighted by atomic mass is 16.5. The molecule has 15 heteroatoms. The highest BCUT2D eigenvalue weighted by Gasteiger charge is 2.41. The second kappa shape index (κ2) is 20.2. The van der Waals surface area contributed by atoms with Gasteiger partial charge in [0.2, 0.25) is 0 Å². The van der Waals surface area contributed by atoms with Gasteiger partial charge in [0.15, 0.2) is 17.1 Å². The number of pyridine rings is 4. The van der Waals surface area contributed by atoms with Gasteiger partial charge in [-0.25, -0.2) is 19.9 Å². The maximum atomic E-state index is 15.9. The van der Waals surface area contributed by atoms with E-state index in [9.17, 15) is 0 Å². The van der Waals surface area contributed by atoms with Crippen molar-refractivity contribution in [1.82, 2.24) is 49.5 Å². The van der Waals surface area contributed by atoms with Crippen molar-refractivity contribution in [3.63, 3.8) is 0 Å². The van der Waals surface area contributed by atoms with Crippen molar-refractivity contribution in [3.8, 4) is 0 Å². The van der Waals surface area contributed by atoms with E-state index >= 15 is 4.79 Å². The molecular formula is C51H70N12O3. The largest absolute Gasteiger partial charge is 0.377 e. The zero-order valence-corrected chi connectivity index (χ0v) is 39.6. The fraction of sp³-hybridized carbons (Fsp3) is 0.588. The molecule has 6 aromatic rings. The highest BCUT2D eigenvalue weighted by Crippen LogP contribution is 2.34. The van der Waals surface area contributed by atoms with Crippen LogP contribution < -0.4 is 9.80 Å². The van der Waals surface area contributed by atoms with Crippen molar-refractivity contribution in [2.75, 3.05) is 115 Å². The molecule has 10 heterocycles. The van der Waals surface area contributed by atoms with Crippen molar-refractivity contribution in [2.45, 2.75) is 77.7 Å². The molecule has 0 amide bonds. The molecule has 4 aliphatic rings. The maximum Gasteiger partial charge on any atom is 0.169 e. The van der Waals surface area contributed by atoms with E-state index in [-0.39, 0.29) is 24.3 Å². The summed E-state index contributed by atoms with van der Waals surface area (Å²) in [5.41, 5.74) is 6.02. The molecule has 4 aliphatic heterocycles. The van der Waals surface area contributed by atoms with E-state index in [0.29, 0.717) is 17.6 Å². The van der Waals surface area contributed by atoms with Gasteiger partial charge in [-0.15, -0.1) is 0 Å². The molecule has 0 aliphatic carbocycles. The Morgan fingerprint density at radius 2 is 1.05 bits per heavy atom. The van der Waals surface area contributed by atoms with Crippen LogP contribution in [-0.4, -0.2) is 184 Å². The summed E-state index contributed by atoms with van der Waals surface area (Å²) in [6.45, 7) is 22.3. The van der Waals surface area contributed by atoms with E-state index in [0.717, 1.165) is 164 Å². The number of rotatable bonds is 16. The molecule has 0 aromatic carbocycles. The Hall–Kier alpha value is -4.77. The normalized spacial score (nSPS) is 22.2. The minimum atomic E-state index is -0.236. The summed E-state index contributed by atoms with van der Waals surface area (Å²) in [7, 11) is 0. The number of carbonyl (C=O) groups is 1. The third kappa shape index (κ3) is 9.79. The number of piperazine rings is 2. The van der Waals surface area contributed by atoms with Crippen LogP contribution >= 0.6 is 0 Å². The summed E-state index contributed by atoms with van der Waals surface area (Å²) in [5, 5.41) is 4.51. The number of ketones is 1. The van der Waals surface area contributed by atoms with E-state index in [4.69, 9.17) is 9.47 Å². The molecule has 4 unspecified atom stereocenters. The van der Waals surface area contributed by atoms with Gasteiger partial charge in [-0.1, -0.05) is 27.7 Å². The van der Waals surface area contributed by atoms with E-state index in [1.54, 1.807) is 0 Å². The number of aromatic nitrogens is 6. The molecule has 15 nitrogen and oxygen atoms in total. The minimum absolute atomic E-state index is 0.136. The zero-order valence-electron chi connectivity index (χ0n) is 39.6.